The first-order valence-corrected chi connectivity index (χ1v) is 4.23. The van der Waals surface area contributed by atoms with Crippen LogP contribution in [0.1, 0.15) is 10.5 Å². The molecule has 0 spiro atoms. The van der Waals surface area contributed by atoms with Gasteiger partial charge < -0.3 is 14.9 Å². The summed E-state index contributed by atoms with van der Waals surface area (Å²) in [6, 6.07) is 12.7. The van der Waals surface area contributed by atoms with Crippen LogP contribution in [0.3, 0.4) is 0 Å². The molecule has 0 bridgehead atoms. The molecule has 2 aromatic rings. The van der Waals surface area contributed by atoms with E-state index in [0.29, 0.717) is 0 Å². The molecule has 0 radical (unpaired) electrons. The van der Waals surface area contributed by atoms with Crippen LogP contribution in [-0.2, 0) is 0 Å². The monoisotopic (exact) mass is 186 g/mol. The van der Waals surface area contributed by atoms with Crippen molar-refractivity contribution in [1.82, 2.24) is 4.98 Å². The highest BCUT2D eigenvalue weighted by atomic mass is 16.4. The molecule has 1 N–H and O–H groups in total. The average molecular weight is 186 g/mol. The fourth-order valence-electron chi connectivity index (χ4n) is 1.30. The fraction of sp³-hybridized carbons (Fsp3) is 0. The molecule has 0 fully saturated rings. The summed E-state index contributed by atoms with van der Waals surface area (Å²) in [7, 11) is 0. The molecule has 0 amide bonds. The Morgan fingerprint density at radius 1 is 1.07 bits per heavy atom. The molecule has 0 saturated carbocycles. The van der Waals surface area contributed by atoms with Gasteiger partial charge in [0, 0.05) is 5.69 Å². The van der Waals surface area contributed by atoms with Gasteiger partial charge in [-0.15, -0.1) is 0 Å². The highest BCUT2D eigenvalue weighted by molar-refractivity contribution is 5.85. The molecule has 1 heterocycles. The molecule has 3 heteroatoms. The summed E-state index contributed by atoms with van der Waals surface area (Å²) < 4.78 is 0. The van der Waals surface area contributed by atoms with Crippen LogP contribution >= 0.6 is 0 Å². The van der Waals surface area contributed by atoms with E-state index in [0.717, 1.165) is 11.3 Å². The van der Waals surface area contributed by atoms with E-state index < -0.39 is 5.97 Å². The van der Waals surface area contributed by atoms with Crippen LogP contribution in [0.2, 0.25) is 0 Å². The Balaban J connectivity index is 2.39. The van der Waals surface area contributed by atoms with Crippen LogP contribution in [-0.4, -0.2) is 11.0 Å². The van der Waals surface area contributed by atoms with E-state index in [9.17, 15) is 9.90 Å². The number of aromatic carboxylic acids is 1. The molecule has 0 atom stereocenters. The van der Waals surface area contributed by atoms with Crippen LogP contribution in [0.4, 0.5) is 0 Å². The minimum atomic E-state index is -1.19. The first-order chi connectivity index (χ1) is 6.77. The van der Waals surface area contributed by atoms with E-state index in [1.54, 1.807) is 6.07 Å². The normalized spacial score (nSPS) is 10.0. The Labute approximate surface area is 81.0 Å². The molecular weight excluding hydrogens is 178 g/mol. The summed E-state index contributed by atoms with van der Waals surface area (Å²) in [6.45, 7) is 0. The quantitative estimate of drug-likeness (QED) is 0.762. The van der Waals surface area contributed by atoms with Crippen molar-refractivity contribution in [3.8, 4) is 11.3 Å². The van der Waals surface area contributed by atoms with Gasteiger partial charge in [0.1, 0.15) is 0 Å². The maximum absolute atomic E-state index is 10.5. The van der Waals surface area contributed by atoms with Crippen LogP contribution in [0.25, 0.3) is 11.3 Å². The topological polar surface area (TPSA) is 55.9 Å². The third-order valence-electron chi connectivity index (χ3n) is 1.99. The molecule has 3 nitrogen and oxygen atoms in total. The molecule has 0 aliphatic carbocycles. The van der Waals surface area contributed by atoms with Crippen molar-refractivity contribution in [2.24, 2.45) is 0 Å². The SMILES string of the molecule is O=C([O-])c1ccc(-c2ccccc2)[nH]1. The summed E-state index contributed by atoms with van der Waals surface area (Å²) >= 11 is 0. The zero-order chi connectivity index (χ0) is 9.97. The highest BCUT2D eigenvalue weighted by Crippen LogP contribution is 2.17. The molecule has 1 aromatic carbocycles. The predicted molar refractivity (Wildman–Crippen MR) is 50.6 cm³/mol. The second-order valence-corrected chi connectivity index (χ2v) is 2.94. The molecule has 0 aliphatic heterocycles. The third kappa shape index (κ3) is 1.52. The highest BCUT2D eigenvalue weighted by Gasteiger charge is 2.00. The van der Waals surface area contributed by atoms with Crippen LogP contribution in [0, 0.1) is 0 Å². The third-order valence-corrected chi connectivity index (χ3v) is 1.99. The zero-order valence-corrected chi connectivity index (χ0v) is 7.36. The van der Waals surface area contributed by atoms with Crippen molar-refractivity contribution < 1.29 is 9.90 Å². The number of benzene rings is 1. The zero-order valence-electron chi connectivity index (χ0n) is 7.36. The number of aromatic nitrogens is 1. The molecule has 0 unspecified atom stereocenters. The van der Waals surface area contributed by atoms with Crippen molar-refractivity contribution in [3.05, 3.63) is 48.2 Å². The van der Waals surface area contributed by atoms with E-state index in [1.807, 2.05) is 30.3 Å². The standard InChI is InChI=1S/C11H9NO2/c13-11(14)10-7-6-9(12-10)8-4-2-1-3-5-8/h1-7,12H,(H,13,14)/p-1. The number of aromatic amines is 1. The number of carboxylic acid groups (broad SMARTS) is 1. The van der Waals surface area contributed by atoms with Crippen molar-refractivity contribution in [1.29, 1.82) is 0 Å². The lowest BCUT2D eigenvalue weighted by Gasteiger charge is -1.98. The van der Waals surface area contributed by atoms with Gasteiger partial charge in [0.05, 0.1) is 11.7 Å². The van der Waals surface area contributed by atoms with Gasteiger partial charge in [0.15, 0.2) is 0 Å². The average Bonchev–Trinajstić information content (AvgIpc) is 2.68. The summed E-state index contributed by atoms with van der Waals surface area (Å²) in [6.07, 6.45) is 0. The maximum Gasteiger partial charge on any atom is 0.0878 e. The number of carbonyl (C=O) groups excluding carboxylic acids is 1. The predicted octanol–water partition coefficient (Wildman–Crippen LogP) is 1.05. The van der Waals surface area contributed by atoms with Gasteiger partial charge in [-0.1, -0.05) is 30.3 Å². The van der Waals surface area contributed by atoms with E-state index in [2.05, 4.69) is 4.98 Å². The minimum absolute atomic E-state index is 0.101. The van der Waals surface area contributed by atoms with Gasteiger partial charge in [-0.2, -0.15) is 0 Å². The lowest BCUT2D eigenvalue weighted by Crippen LogP contribution is -2.22. The second-order valence-electron chi connectivity index (χ2n) is 2.94. The van der Waals surface area contributed by atoms with Crippen molar-refractivity contribution in [3.63, 3.8) is 0 Å². The van der Waals surface area contributed by atoms with E-state index in [4.69, 9.17) is 0 Å². The number of carboxylic acids is 1. The molecule has 0 aliphatic rings. The molecular formula is C11H8NO2-. The lowest BCUT2D eigenvalue weighted by atomic mass is 10.2. The lowest BCUT2D eigenvalue weighted by molar-refractivity contribution is -0.255. The number of hydrogen-bond donors (Lipinski definition) is 1. The van der Waals surface area contributed by atoms with Gasteiger partial charge in [-0.05, 0) is 17.7 Å². The maximum atomic E-state index is 10.5. The van der Waals surface area contributed by atoms with E-state index >= 15 is 0 Å². The van der Waals surface area contributed by atoms with E-state index in [1.165, 1.54) is 6.07 Å². The van der Waals surface area contributed by atoms with Crippen molar-refractivity contribution in [2.75, 3.05) is 0 Å². The Kier molecular flexibility index (Phi) is 2.07. The van der Waals surface area contributed by atoms with Crippen LogP contribution in [0.15, 0.2) is 42.5 Å². The van der Waals surface area contributed by atoms with Gasteiger partial charge in [0.2, 0.25) is 0 Å². The number of nitrogens with one attached hydrogen (secondary N) is 1. The largest absolute Gasteiger partial charge is 0.543 e. The first kappa shape index (κ1) is 8.56. The van der Waals surface area contributed by atoms with E-state index in [-0.39, 0.29) is 5.69 Å². The molecule has 2 rings (SSSR count). The molecule has 1 aromatic heterocycles. The van der Waals surface area contributed by atoms with Gasteiger partial charge in [-0.3, -0.25) is 0 Å². The molecule has 14 heavy (non-hydrogen) atoms. The van der Waals surface area contributed by atoms with Crippen molar-refractivity contribution >= 4 is 5.97 Å². The van der Waals surface area contributed by atoms with Crippen molar-refractivity contribution in [2.45, 2.75) is 0 Å². The summed E-state index contributed by atoms with van der Waals surface area (Å²) in [4.78, 5) is 13.3. The van der Waals surface area contributed by atoms with Gasteiger partial charge in [-0.25, -0.2) is 0 Å². The number of H-pyrrole nitrogens is 1. The smallest absolute Gasteiger partial charge is 0.0878 e. The molecule has 0 saturated heterocycles. The van der Waals surface area contributed by atoms with Gasteiger partial charge >= 0.3 is 0 Å². The second kappa shape index (κ2) is 3.38. The first-order valence-electron chi connectivity index (χ1n) is 4.23. The summed E-state index contributed by atoms with van der Waals surface area (Å²) in [5.41, 5.74) is 1.84. The van der Waals surface area contributed by atoms with Gasteiger partial charge in [0.25, 0.3) is 0 Å². The number of carbonyl (C=O) groups is 1. The summed E-state index contributed by atoms with van der Waals surface area (Å²) in [5, 5.41) is 10.5. The van der Waals surface area contributed by atoms with Crippen LogP contribution in [0.5, 0.6) is 0 Å². The Bertz CT molecular complexity index is 445. The Morgan fingerprint density at radius 2 is 1.79 bits per heavy atom. The number of rotatable bonds is 2. The number of hydrogen-bond acceptors (Lipinski definition) is 2. The minimum Gasteiger partial charge on any atom is -0.543 e. The summed E-state index contributed by atoms with van der Waals surface area (Å²) in [5.74, 6) is -1.19. The Morgan fingerprint density at radius 3 is 2.36 bits per heavy atom. The Hall–Kier alpha value is -2.03. The molecule has 70 valence electrons. The fourth-order valence-corrected chi connectivity index (χ4v) is 1.30. The van der Waals surface area contributed by atoms with Crippen LogP contribution < -0.4 is 5.11 Å².